The Morgan fingerprint density at radius 1 is 1.13 bits per heavy atom. The molecule has 7 nitrogen and oxygen atoms in total. The van der Waals surface area contributed by atoms with Gasteiger partial charge in [0.25, 0.3) is 0 Å². The molecule has 3 aromatic heterocycles. The summed E-state index contributed by atoms with van der Waals surface area (Å²) in [6.45, 7) is 0. The van der Waals surface area contributed by atoms with Crippen LogP contribution in [-0.4, -0.2) is 31.0 Å². The number of anilines is 1. The molecule has 0 saturated heterocycles. The molecule has 0 amide bonds. The minimum atomic E-state index is 0.0359. The summed E-state index contributed by atoms with van der Waals surface area (Å²) in [5.74, 6) is 1.46. The number of pyridine rings is 1. The zero-order valence-corrected chi connectivity index (χ0v) is 17.7. The SMILES string of the molecule is Cn1cc(-c2cc(Oc3ccc4nc(N)sc4c3)ccn2)cn1.OC1CCCCC1. The smallest absolute Gasteiger partial charge is 0.181 e. The number of benzene rings is 1. The Labute approximate surface area is 179 Å². The van der Waals surface area contributed by atoms with E-state index in [1.807, 2.05) is 43.6 Å². The average Bonchev–Trinajstić information content (AvgIpc) is 3.33. The van der Waals surface area contributed by atoms with E-state index >= 15 is 0 Å². The summed E-state index contributed by atoms with van der Waals surface area (Å²) in [5, 5.41) is 13.6. The van der Waals surface area contributed by atoms with Gasteiger partial charge in [-0.3, -0.25) is 9.67 Å². The second kappa shape index (κ2) is 9.23. The fraction of sp³-hybridized carbons (Fsp3) is 0.318. The Morgan fingerprint density at radius 2 is 1.93 bits per heavy atom. The lowest BCUT2D eigenvalue weighted by Gasteiger charge is -2.14. The molecule has 1 aliphatic rings. The highest BCUT2D eigenvalue weighted by atomic mass is 32.1. The first-order valence-corrected chi connectivity index (χ1v) is 10.9. The summed E-state index contributed by atoms with van der Waals surface area (Å²) in [5.41, 5.74) is 8.38. The predicted octanol–water partition coefficient (Wildman–Crippen LogP) is 4.78. The minimum Gasteiger partial charge on any atom is -0.457 e. The molecule has 0 radical (unpaired) electrons. The van der Waals surface area contributed by atoms with Gasteiger partial charge in [0.2, 0.25) is 0 Å². The van der Waals surface area contributed by atoms with Crippen LogP contribution in [0.15, 0.2) is 48.9 Å². The lowest BCUT2D eigenvalue weighted by molar-refractivity contribution is 0.130. The standard InChI is InChI=1S/C16H13N5OS.C6H12O/c1-21-9-10(8-19-21)14-6-12(4-5-18-14)22-11-2-3-13-15(7-11)23-16(17)20-13;7-6-4-2-1-3-5-6/h2-9H,1H3,(H2,17,20);6-7H,1-5H2. The van der Waals surface area contributed by atoms with Gasteiger partial charge in [0.1, 0.15) is 11.5 Å². The highest BCUT2D eigenvalue weighted by Gasteiger charge is 2.08. The molecule has 0 unspecified atom stereocenters. The summed E-state index contributed by atoms with van der Waals surface area (Å²) in [4.78, 5) is 8.60. The molecule has 156 valence electrons. The van der Waals surface area contributed by atoms with Crippen molar-refractivity contribution in [2.45, 2.75) is 38.2 Å². The maximum atomic E-state index is 8.91. The van der Waals surface area contributed by atoms with Gasteiger partial charge in [-0.1, -0.05) is 30.6 Å². The number of aliphatic hydroxyl groups excluding tert-OH is 1. The van der Waals surface area contributed by atoms with Gasteiger partial charge in [-0.2, -0.15) is 5.10 Å². The number of hydrogen-bond acceptors (Lipinski definition) is 7. The molecule has 0 aliphatic heterocycles. The Kier molecular flexibility index (Phi) is 6.25. The van der Waals surface area contributed by atoms with Crippen molar-refractivity contribution in [1.29, 1.82) is 0 Å². The van der Waals surface area contributed by atoms with Crippen LogP contribution in [0.2, 0.25) is 0 Å². The highest BCUT2D eigenvalue weighted by molar-refractivity contribution is 7.22. The van der Waals surface area contributed by atoms with Crippen LogP contribution in [0, 0.1) is 0 Å². The number of aryl methyl sites for hydroxylation is 1. The van der Waals surface area contributed by atoms with E-state index in [0.717, 1.165) is 45.8 Å². The molecule has 0 spiro atoms. The fourth-order valence-electron chi connectivity index (χ4n) is 3.39. The number of nitrogen functional groups attached to an aromatic ring is 1. The van der Waals surface area contributed by atoms with Crippen molar-refractivity contribution in [2.24, 2.45) is 7.05 Å². The molecule has 1 fully saturated rings. The molecule has 0 bridgehead atoms. The van der Waals surface area contributed by atoms with E-state index in [4.69, 9.17) is 15.6 Å². The third-order valence-corrected chi connectivity index (χ3v) is 5.77. The summed E-state index contributed by atoms with van der Waals surface area (Å²) in [7, 11) is 1.87. The van der Waals surface area contributed by atoms with E-state index < -0.39 is 0 Å². The number of aliphatic hydroxyl groups is 1. The van der Waals surface area contributed by atoms with Crippen LogP contribution < -0.4 is 10.5 Å². The molecule has 5 rings (SSSR count). The Hall–Kier alpha value is -2.97. The van der Waals surface area contributed by atoms with Gasteiger partial charge >= 0.3 is 0 Å². The third kappa shape index (κ3) is 5.14. The number of hydrogen-bond donors (Lipinski definition) is 2. The van der Waals surface area contributed by atoms with Crippen LogP contribution in [0.25, 0.3) is 21.5 Å². The average molecular weight is 424 g/mol. The molecular formula is C22H25N5O2S. The number of nitrogens with zero attached hydrogens (tertiary/aromatic N) is 4. The summed E-state index contributed by atoms with van der Waals surface area (Å²) in [6, 6.07) is 9.44. The molecular weight excluding hydrogens is 398 g/mol. The summed E-state index contributed by atoms with van der Waals surface area (Å²) >= 11 is 1.44. The molecule has 4 aromatic rings. The van der Waals surface area contributed by atoms with Crippen molar-refractivity contribution in [3.8, 4) is 22.8 Å². The normalized spacial score (nSPS) is 14.3. The zero-order chi connectivity index (χ0) is 20.9. The maximum absolute atomic E-state index is 8.91. The highest BCUT2D eigenvalue weighted by Crippen LogP contribution is 2.31. The lowest BCUT2D eigenvalue weighted by Crippen LogP contribution is -2.09. The minimum absolute atomic E-state index is 0.0359. The topological polar surface area (TPSA) is 99.1 Å². The second-order valence-electron chi connectivity index (χ2n) is 7.35. The van der Waals surface area contributed by atoms with Crippen molar-refractivity contribution in [1.82, 2.24) is 19.7 Å². The van der Waals surface area contributed by atoms with Gasteiger partial charge in [0.15, 0.2) is 5.13 Å². The molecule has 0 atom stereocenters. The molecule has 3 heterocycles. The quantitative estimate of drug-likeness (QED) is 0.492. The van der Waals surface area contributed by atoms with Crippen LogP contribution in [-0.2, 0) is 7.05 Å². The molecule has 3 N–H and O–H groups in total. The van der Waals surface area contributed by atoms with Gasteiger partial charge in [-0.15, -0.1) is 0 Å². The molecule has 30 heavy (non-hydrogen) atoms. The van der Waals surface area contributed by atoms with Gasteiger partial charge in [0.05, 0.1) is 28.2 Å². The Morgan fingerprint density at radius 3 is 2.63 bits per heavy atom. The second-order valence-corrected chi connectivity index (χ2v) is 8.42. The molecule has 8 heteroatoms. The number of aromatic nitrogens is 4. The van der Waals surface area contributed by atoms with Crippen molar-refractivity contribution in [2.75, 3.05) is 5.73 Å². The predicted molar refractivity (Wildman–Crippen MR) is 120 cm³/mol. The van der Waals surface area contributed by atoms with Crippen LogP contribution in [0.1, 0.15) is 32.1 Å². The van der Waals surface area contributed by atoms with E-state index in [1.165, 1.54) is 30.6 Å². The van der Waals surface area contributed by atoms with E-state index in [1.54, 1.807) is 17.1 Å². The van der Waals surface area contributed by atoms with Crippen molar-refractivity contribution in [3.63, 3.8) is 0 Å². The fourth-order valence-corrected chi connectivity index (χ4v) is 4.15. The van der Waals surface area contributed by atoms with Gasteiger partial charge < -0.3 is 15.6 Å². The summed E-state index contributed by atoms with van der Waals surface area (Å²) in [6.07, 6.45) is 11.3. The van der Waals surface area contributed by atoms with Crippen LogP contribution in [0.4, 0.5) is 5.13 Å². The summed E-state index contributed by atoms with van der Waals surface area (Å²) < 4.78 is 8.68. The van der Waals surface area contributed by atoms with Crippen molar-refractivity contribution < 1.29 is 9.84 Å². The first kappa shape index (κ1) is 20.3. The van der Waals surface area contributed by atoms with Crippen molar-refractivity contribution >= 4 is 26.7 Å². The van der Waals surface area contributed by atoms with Gasteiger partial charge in [-0.25, -0.2) is 4.98 Å². The third-order valence-electron chi connectivity index (χ3n) is 4.92. The number of rotatable bonds is 3. The van der Waals surface area contributed by atoms with Gasteiger partial charge in [0, 0.05) is 37.1 Å². The Bertz CT molecular complexity index is 1120. The zero-order valence-electron chi connectivity index (χ0n) is 16.9. The number of fused-ring (bicyclic) bond motifs is 1. The first-order valence-electron chi connectivity index (χ1n) is 10.0. The Balaban J connectivity index is 0.000000265. The van der Waals surface area contributed by atoms with Crippen LogP contribution in [0.3, 0.4) is 0 Å². The lowest BCUT2D eigenvalue weighted by atomic mass is 9.98. The van der Waals surface area contributed by atoms with E-state index in [0.29, 0.717) is 5.13 Å². The van der Waals surface area contributed by atoms with E-state index in [9.17, 15) is 0 Å². The van der Waals surface area contributed by atoms with Crippen LogP contribution >= 0.6 is 11.3 Å². The molecule has 1 aliphatic carbocycles. The largest absolute Gasteiger partial charge is 0.457 e. The van der Waals surface area contributed by atoms with Gasteiger partial charge in [-0.05, 0) is 31.0 Å². The van der Waals surface area contributed by atoms with E-state index in [2.05, 4.69) is 15.1 Å². The first-order chi connectivity index (χ1) is 14.6. The molecule has 1 aromatic carbocycles. The van der Waals surface area contributed by atoms with Crippen LogP contribution in [0.5, 0.6) is 11.5 Å². The maximum Gasteiger partial charge on any atom is 0.181 e. The molecule has 1 saturated carbocycles. The number of thiazole rings is 1. The number of nitrogens with two attached hydrogens (primary N) is 1. The number of ether oxygens (including phenoxy) is 1. The van der Waals surface area contributed by atoms with E-state index in [-0.39, 0.29) is 6.10 Å². The monoisotopic (exact) mass is 423 g/mol. The van der Waals surface area contributed by atoms with Crippen molar-refractivity contribution in [3.05, 3.63) is 48.9 Å².